The molecule has 1 atom stereocenters. The van der Waals surface area contributed by atoms with Crippen molar-refractivity contribution >= 4 is 35.2 Å². The van der Waals surface area contributed by atoms with Crippen LogP contribution in [-0.2, 0) is 20.9 Å². The first kappa shape index (κ1) is 25.0. The lowest BCUT2D eigenvalue weighted by atomic mass is 9.35. The zero-order valence-electron chi connectivity index (χ0n) is 22.4. The van der Waals surface area contributed by atoms with Gasteiger partial charge in [-0.2, -0.15) is 5.10 Å². The van der Waals surface area contributed by atoms with Gasteiger partial charge in [-0.3, -0.25) is 38.9 Å². The SMILES string of the molecule is CC12CC(C(=O)N3CCC(n4cc(CNc5cccc6c5C(=O)N(C5CCC(=O)NC5=O)C6=O)cn4)CC3)(C1)C2. The molecule has 2 N–H and O–H groups in total. The minimum atomic E-state index is -1.000. The molecule has 2 saturated heterocycles. The van der Waals surface area contributed by atoms with E-state index in [0.717, 1.165) is 55.7 Å². The maximum Gasteiger partial charge on any atom is 0.264 e. The first-order chi connectivity index (χ1) is 19.2. The van der Waals surface area contributed by atoms with Crippen LogP contribution in [0.4, 0.5) is 5.69 Å². The number of carbonyl (C=O) groups excluding carboxylic acids is 5. The lowest BCUT2D eigenvalue weighted by Gasteiger charge is -2.69. The molecule has 3 aliphatic carbocycles. The second kappa shape index (κ2) is 8.74. The van der Waals surface area contributed by atoms with Crippen LogP contribution in [0.5, 0.6) is 0 Å². The molecule has 3 aliphatic heterocycles. The summed E-state index contributed by atoms with van der Waals surface area (Å²) in [5.74, 6) is -1.75. The first-order valence-corrected chi connectivity index (χ1v) is 14.1. The molecule has 3 saturated carbocycles. The maximum absolute atomic E-state index is 13.3. The van der Waals surface area contributed by atoms with Crippen LogP contribution in [0.2, 0.25) is 0 Å². The Morgan fingerprint density at radius 2 is 1.82 bits per heavy atom. The van der Waals surface area contributed by atoms with Gasteiger partial charge in [-0.05, 0) is 56.1 Å². The number of nitrogens with one attached hydrogen (secondary N) is 2. The zero-order valence-corrected chi connectivity index (χ0v) is 22.4. The zero-order chi connectivity index (χ0) is 27.8. The van der Waals surface area contributed by atoms with Crippen molar-refractivity contribution in [3.8, 4) is 0 Å². The predicted molar refractivity (Wildman–Crippen MR) is 142 cm³/mol. The summed E-state index contributed by atoms with van der Waals surface area (Å²) >= 11 is 0. The van der Waals surface area contributed by atoms with Gasteiger partial charge < -0.3 is 10.2 Å². The van der Waals surface area contributed by atoms with E-state index in [9.17, 15) is 24.0 Å². The highest BCUT2D eigenvalue weighted by Crippen LogP contribution is 2.73. The molecule has 5 fully saturated rings. The van der Waals surface area contributed by atoms with Crippen LogP contribution in [0, 0.1) is 10.8 Å². The average molecular weight is 545 g/mol. The van der Waals surface area contributed by atoms with Crippen LogP contribution >= 0.6 is 0 Å². The third-order valence-electron chi connectivity index (χ3n) is 9.48. The molecule has 2 bridgehead atoms. The van der Waals surface area contributed by atoms with Crippen LogP contribution in [-0.4, -0.2) is 68.2 Å². The van der Waals surface area contributed by atoms with Crippen molar-refractivity contribution in [2.24, 2.45) is 10.8 Å². The van der Waals surface area contributed by atoms with Crippen molar-refractivity contribution in [2.45, 2.75) is 70.5 Å². The van der Waals surface area contributed by atoms with Gasteiger partial charge in [-0.1, -0.05) is 13.0 Å². The topological polar surface area (TPSA) is 134 Å². The van der Waals surface area contributed by atoms with Gasteiger partial charge in [0.05, 0.1) is 28.8 Å². The number of likely N-dealkylation sites (tertiary alicyclic amines) is 1. The van der Waals surface area contributed by atoms with Gasteiger partial charge in [0.25, 0.3) is 11.8 Å². The molecular formula is C29H32N6O5. The van der Waals surface area contributed by atoms with Crippen molar-refractivity contribution in [2.75, 3.05) is 18.4 Å². The third-order valence-corrected chi connectivity index (χ3v) is 9.48. The summed E-state index contributed by atoms with van der Waals surface area (Å²) in [6, 6.07) is 4.24. The van der Waals surface area contributed by atoms with Crippen molar-refractivity contribution in [3.63, 3.8) is 0 Å². The molecule has 40 heavy (non-hydrogen) atoms. The van der Waals surface area contributed by atoms with E-state index in [1.807, 2.05) is 15.8 Å². The van der Waals surface area contributed by atoms with Gasteiger partial charge in [0.1, 0.15) is 6.04 Å². The standard InChI is InChI=1S/C29H32N6O5/c1-28-14-29(15-28,16-28)27(40)33-9-7-18(8-10-33)34-13-17(12-31-34)11-30-20-4-2-3-19-23(20)26(39)35(25(19)38)21-5-6-22(36)32-24(21)37/h2-4,12-13,18,21,30H,5-11,14-16H2,1H3,(H,32,36,37). The van der Waals surface area contributed by atoms with Crippen molar-refractivity contribution in [1.29, 1.82) is 0 Å². The lowest BCUT2D eigenvalue weighted by Crippen LogP contribution is -2.67. The van der Waals surface area contributed by atoms with E-state index in [1.165, 1.54) is 0 Å². The van der Waals surface area contributed by atoms with E-state index >= 15 is 0 Å². The third kappa shape index (κ3) is 3.77. The summed E-state index contributed by atoms with van der Waals surface area (Å²) in [5.41, 5.74) is 2.27. The molecule has 6 aliphatic rings. The number of hydrogen-bond donors (Lipinski definition) is 2. The van der Waals surface area contributed by atoms with E-state index < -0.39 is 29.7 Å². The Balaban J connectivity index is 0.982. The van der Waals surface area contributed by atoms with Crippen molar-refractivity contribution in [1.82, 2.24) is 24.9 Å². The molecule has 0 spiro atoms. The Labute approximate surface area is 231 Å². The Hall–Kier alpha value is -4.02. The number of aromatic nitrogens is 2. The number of rotatable bonds is 6. The number of imide groups is 2. The summed E-state index contributed by atoms with van der Waals surface area (Å²) in [6.07, 6.45) is 8.86. The Morgan fingerprint density at radius 3 is 2.52 bits per heavy atom. The number of carbonyl (C=O) groups is 5. The molecule has 11 nitrogen and oxygen atoms in total. The molecule has 4 heterocycles. The van der Waals surface area contributed by atoms with Gasteiger partial charge >= 0.3 is 0 Å². The van der Waals surface area contributed by atoms with E-state index in [1.54, 1.807) is 24.4 Å². The van der Waals surface area contributed by atoms with Crippen LogP contribution in [0.3, 0.4) is 0 Å². The number of amides is 5. The molecule has 8 rings (SSSR count). The van der Waals surface area contributed by atoms with Crippen LogP contribution in [0.25, 0.3) is 0 Å². The number of nitrogens with zero attached hydrogens (tertiary/aromatic N) is 4. The number of piperidine rings is 2. The summed E-state index contributed by atoms with van der Waals surface area (Å²) in [5, 5.41) is 10.1. The van der Waals surface area contributed by atoms with Gasteiger partial charge in [0.2, 0.25) is 17.7 Å². The monoisotopic (exact) mass is 544 g/mol. The number of fused-ring (bicyclic) bond motifs is 1. The number of benzene rings is 1. The quantitative estimate of drug-likeness (QED) is 0.533. The highest BCUT2D eigenvalue weighted by Gasteiger charge is 2.69. The number of hydrogen-bond acceptors (Lipinski definition) is 7. The first-order valence-electron chi connectivity index (χ1n) is 14.1. The molecule has 2 aromatic rings. The molecule has 208 valence electrons. The highest BCUT2D eigenvalue weighted by molar-refractivity contribution is 6.25. The van der Waals surface area contributed by atoms with E-state index in [0.29, 0.717) is 23.6 Å². The molecule has 1 unspecified atom stereocenters. The molecule has 11 heteroatoms. The Bertz CT molecular complexity index is 1450. The fraction of sp³-hybridized carbons (Fsp3) is 0.517. The molecule has 0 radical (unpaired) electrons. The summed E-state index contributed by atoms with van der Waals surface area (Å²) < 4.78 is 1.97. The van der Waals surface area contributed by atoms with Gasteiger partial charge in [-0.25, -0.2) is 0 Å². The Kier molecular flexibility index (Phi) is 5.46. The van der Waals surface area contributed by atoms with Crippen molar-refractivity contribution < 1.29 is 24.0 Å². The van der Waals surface area contributed by atoms with Crippen LogP contribution in [0.15, 0.2) is 30.6 Å². The number of anilines is 1. The second-order valence-corrected chi connectivity index (χ2v) is 12.5. The summed E-state index contributed by atoms with van der Waals surface area (Å²) in [7, 11) is 0. The molecule has 5 amide bonds. The minimum absolute atomic E-state index is 0.0609. The van der Waals surface area contributed by atoms with E-state index in [2.05, 4.69) is 22.7 Å². The molecule has 1 aromatic carbocycles. The van der Waals surface area contributed by atoms with E-state index in [-0.39, 0.29) is 35.4 Å². The predicted octanol–water partition coefficient (Wildman–Crippen LogP) is 2.25. The average Bonchev–Trinajstić information content (AvgIpc) is 3.48. The molecular weight excluding hydrogens is 512 g/mol. The fourth-order valence-corrected chi connectivity index (χ4v) is 7.72. The smallest absolute Gasteiger partial charge is 0.264 e. The lowest BCUT2D eigenvalue weighted by molar-refractivity contribution is -0.210. The van der Waals surface area contributed by atoms with Gasteiger partial charge in [0, 0.05) is 43.5 Å². The minimum Gasteiger partial charge on any atom is -0.380 e. The highest BCUT2D eigenvalue weighted by atomic mass is 16.2. The maximum atomic E-state index is 13.3. The van der Waals surface area contributed by atoms with Crippen molar-refractivity contribution in [3.05, 3.63) is 47.3 Å². The second-order valence-electron chi connectivity index (χ2n) is 12.5. The van der Waals surface area contributed by atoms with Crippen LogP contribution in [0.1, 0.15) is 84.2 Å². The molecule has 1 aromatic heterocycles. The summed E-state index contributed by atoms with van der Waals surface area (Å²) in [6.45, 7) is 4.18. The van der Waals surface area contributed by atoms with Gasteiger partial charge in [0.15, 0.2) is 0 Å². The fourth-order valence-electron chi connectivity index (χ4n) is 7.72. The largest absolute Gasteiger partial charge is 0.380 e. The van der Waals surface area contributed by atoms with Gasteiger partial charge in [-0.15, -0.1) is 0 Å². The van der Waals surface area contributed by atoms with Crippen LogP contribution < -0.4 is 10.6 Å². The normalized spacial score (nSPS) is 29.6. The Morgan fingerprint density at radius 1 is 1.07 bits per heavy atom. The summed E-state index contributed by atoms with van der Waals surface area (Å²) in [4.78, 5) is 66.3. The van der Waals surface area contributed by atoms with E-state index in [4.69, 9.17) is 0 Å².